The maximum absolute atomic E-state index is 5.74. The fourth-order valence-electron chi connectivity index (χ4n) is 2.40. The number of piperidine rings is 1. The van der Waals surface area contributed by atoms with Crippen LogP contribution in [0.5, 0.6) is 5.75 Å². The van der Waals surface area contributed by atoms with Gasteiger partial charge in [0.25, 0.3) is 0 Å². The maximum Gasteiger partial charge on any atom is 0.124 e. The van der Waals surface area contributed by atoms with E-state index < -0.39 is 0 Å². The van der Waals surface area contributed by atoms with E-state index in [9.17, 15) is 0 Å². The average Bonchev–Trinajstić information content (AvgIpc) is 2.45. The van der Waals surface area contributed by atoms with E-state index in [0.29, 0.717) is 12.6 Å². The van der Waals surface area contributed by atoms with Gasteiger partial charge in [0.1, 0.15) is 5.75 Å². The Balaban J connectivity index is 1.68. The normalized spacial score (nSPS) is 19.7. The number of methoxy groups -OCH3 is 1. The highest BCUT2D eigenvalue weighted by Crippen LogP contribution is 2.18. The number of hydrogen-bond donors (Lipinski definition) is 1. The molecule has 1 atom stereocenters. The quantitative estimate of drug-likeness (QED) is 0.786. The summed E-state index contributed by atoms with van der Waals surface area (Å²) in [6, 6.07) is 8.67. The molecule has 0 aromatic heterocycles. The predicted molar refractivity (Wildman–Crippen MR) is 72.9 cm³/mol. The lowest BCUT2D eigenvalue weighted by atomic mass is 10.0. The average molecular weight is 249 g/mol. The lowest BCUT2D eigenvalue weighted by molar-refractivity contribution is 0.107. The van der Waals surface area contributed by atoms with E-state index in [0.717, 1.165) is 30.9 Å². The van der Waals surface area contributed by atoms with E-state index in [1.54, 1.807) is 7.11 Å². The van der Waals surface area contributed by atoms with Crippen molar-refractivity contribution in [1.29, 1.82) is 0 Å². The molecule has 1 aromatic rings. The second kappa shape index (κ2) is 7.39. The second-order valence-electron chi connectivity index (χ2n) is 4.80. The lowest BCUT2D eigenvalue weighted by Crippen LogP contribution is -2.34. The molecule has 2 rings (SSSR count). The van der Waals surface area contributed by atoms with Gasteiger partial charge in [-0.2, -0.15) is 0 Å². The molecule has 1 saturated heterocycles. The van der Waals surface area contributed by atoms with Crippen molar-refractivity contribution in [2.45, 2.75) is 38.3 Å². The number of para-hydroxylation sites is 1. The molecule has 0 saturated carbocycles. The molecule has 1 aromatic carbocycles. The van der Waals surface area contributed by atoms with Crippen molar-refractivity contribution < 1.29 is 9.47 Å². The third-order valence-electron chi connectivity index (χ3n) is 3.47. The van der Waals surface area contributed by atoms with Gasteiger partial charge < -0.3 is 14.8 Å². The van der Waals surface area contributed by atoms with E-state index in [1.165, 1.54) is 19.3 Å². The first kappa shape index (κ1) is 13.4. The van der Waals surface area contributed by atoms with Crippen molar-refractivity contribution in [3.8, 4) is 5.75 Å². The van der Waals surface area contributed by atoms with Gasteiger partial charge in [0.05, 0.1) is 13.7 Å². The number of ether oxygens (including phenoxy) is 2. The van der Waals surface area contributed by atoms with Gasteiger partial charge in [-0.1, -0.05) is 24.6 Å². The van der Waals surface area contributed by atoms with Crippen LogP contribution in [0.2, 0.25) is 0 Å². The summed E-state index contributed by atoms with van der Waals surface area (Å²) in [6.07, 6.45) is 5.07. The van der Waals surface area contributed by atoms with E-state index in [1.807, 2.05) is 18.2 Å². The molecule has 1 N–H and O–H groups in total. The zero-order valence-electron chi connectivity index (χ0n) is 11.2. The molecule has 100 valence electrons. The van der Waals surface area contributed by atoms with Crippen LogP contribution in [-0.4, -0.2) is 26.3 Å². The number of rotatable bonds is 6. The largest absolute Gasteiger partial charge is 0.496 e. The third kappa shape index (κ3) is 4.00. The molecule has 18 heavy (non-hydrogen) atoms. The molecule has 0 amide bonds. The van der Waals surface area contributed by atoms with Gasteiger partial charge >= 0.3 is 0 Å². The van der Waals surface area contributed by atoms with Crippen LogP contribution in [0.4, 0.5) is 0 Å². The summed E-state index contributed by atoms with van der Waals surface area (Å²) in [4.78, 5) is 0. The highest BCUT2D eigenvalue weighted by molar-refractivity contribution is 5.32. The molecule has 1 fully saturated rings. The van der Waals surface area contributed by atoms with Crippen LogP contribution >= 0.6 is 0 Å². The number of benzene rings is 1. The highest BCUT2D eigenvalue weighted by Gasteiger charge is 2.11. The highest BCUT2D eigenvalue weighted by atomic mass is 16.5. The summed E-state index contributed by atoms with van der Waals surface area (Å²) in [5, 5.41) is 3.54. The van der Waals surface area contributed by atoms with Crippen molar-refractivity contribution in [3.63, 3.8) is 0 Å². The van der Waals surface area contributed by atoms with Crippen LogP contribution < -0.4 is 10.1 Å². The van der Waals surface area contributed by atoms with Crippen LogP contribution in [-0.2, 0) is 11.3 Å². The Bertz CT molecular complexity index is 348. The SMILES string of the molecule is COc1ccccc1COCC[C@@H]1CCCCN1. The molecule has 0 aliphatic carbocycles. The Labute approximate surface area is 109 Å². The summed E-state index contributed by atoms with van der Waals surface area (Å²) in [7, 11) is 1.70. The third-order valence-corrected chi connectivity index (χ3v) is 3.47. The molecule has 0 unspecified atom stereocenters. The van der Waals surface area contributed by atoms with Gasteiger partial charge in [0.2, 0.25) is 0 Å². The Morgan fingerprint density at radius 2 is 2.17 bits per heavy atom. The molecule has 0 radical (unpaired) electrons. The lowest BCUT2D eigenvalue weighted by Gasteiger charge is -2.23. The molecule has 3 nitrogen and oxygen atoms in total. The number of hydrogen-bond acceptors (Lipinski definition) is 3. The monoisotopic (exact) mass is 249 g/mol. The molecule has 1 heterocycles. The van der Waals surface area contributed by atoms with Crippen LogP contribution in [0, 0.1) is 0 Å². The number of nitrogens with one attached hydrogen (secondary N) is 1. The van der Waals surface area contributed by atoms with Crippen LogP contribution in [0.25, 0.3) is 0 Å². The van der Waals surface area contributed by atoms with Crippen LogP contribution in [0.1, 0.15) is 31.2 Å². The fourth-order valence-corrected chi connectivity index (χ4v) is 2.40. The maximum atomic E-state index is 5.74. The molecule has 0 spiro atoms. The zero-order chi connectivity index (χ0) is 12.6. The Morgan fingerprint density at radius 1 is 1.28 bits per heavy atom. The van der Waals surface area contributed by atoms with Gasteiger partial charge in [-0.3, -0.25) is 0 Å². The zero-order valence-corrected chi connectivity index (χ0v) is 11.2. The van der Waals surface area contributed by atoms with Crippen molar-refractivity contribution in [2.75, 3.05) is 20.3 Å². The minimum absolute atomic E-state index is 0.636. The summed E-state index contributed by atoms with van der Waals surface area (Å²) < 4.78 is 11.0. The van der Waals surface area contributed by atoms with Gasteiger partial charge in [0.15, 0.2) is 0 Å². The van der Waals surface area contributed by atoms with E-state index in [-0.39, 0.29) is 0 Å². The first-order valence-electron chi connectivity index (χ1n) is 6.83. The first-order valence-corrected chi connectivity index (χ1v) is 6.83. The van der Waals surface area contributed by atoms with Gasteiger partial charge in [0, 0.05) is 18.2 Å². The van der Waals surface area contributed by atoms with Crippen LogP contribution in [0.15, 0.2) is 24.3 Å². The topological polar surface area (TPSA) is 30.5 Å². The van der Waals surface area contributed by atoms with Crippen molar-refractivity contribution >= 4 is 0 Å². The molecule has 1 aliphatic heterocycles. The summed E-state index contributed by atoms with van der Waals surface area (Å²) in [5.74, 6) is 0.910. The van der Waals surface area contributed by atoms with Gasteiger partial charge in [-0.05, 0) is 31.9 Å². The van der Waals surface area contributed by atoms with Crippen LogP contribution in [0.3, 0.4) is 0 Å². The molecule has 0 bridgehead atoms. The van der Waals surface area contributed by atoms with E-state index in [2.05, 4.69) is 11.4 Å². The van der Waals surface area contributed by atoms with Crippen molar-refractivity contribution in [1.82, 2.24) is 5.32 Å². The summed E-state index contributed by atoms with van der Waals surface area (Å²) in [6.45, 7) is 2.61. The van der Waals surface area contributed by atoms with Gasteiger partial charge in [-0.25, -0.2) is 0 Å². The molecular formula is C15H23NO2. The fraction of sp³-hybridized carbons (Fsp3) is 0.600. The Kier molecular flexibility index (Phi) is 5.49. The minimum Gasteiger partial charge on any atom is -0.496 e. The van der Waals surface area contributed by atoms with Crippen molar-refractivity contribution in [2.24, 2.45) is 0 Å². The van der Waals surface area contributed by atoms with E-state index in [4.69, 9.17) is 9.47 Å². The van der Waals surface area contributed by atoms with Crippen molar-refractivity contribution in [3.05, 3.63) is 29.8 Å². The van der Waals surface area contributed by atoms with E-state index >= 15 is 0 Å². The molecular weight excluding hydrogens is 226 g/mol. The molecule has 3 heteroatoms. The minimum atomic E-state index is 0.636. The smallest absolute Gasteiger partial charge is 0.124 e. The first-order chi connectivity index (χ1) is 8.90. The predicted octanol–water partition coefficient (Wildman–Crippen LogP) is 2.74. The standard InChI is InChI=1S/C15H23NO2/c1-17-15-8-3-2-6-13(15)12-18-11-9-14-7-4-5-10-16-14/h2-3,6,8,14,16H,4-5,7,9-12H2,1H3/t14-/m0/s1. The summed E-state index contributed by atoms with van der Waals surface area (Å²) in [5.41, 5.74) is 1.12. The second-order valence-corrected chi connectivity index (χ2v) is 4.80. The Morgan fingerprint density at radius 3 is 2.94 bits per heavy atom. The summed E-state index contributed by atoms with van der Waals surface area (Å²) >= 11 is 0. The van der Waals surface area contributed by atoms with Gasteiger partial charge in [-0.15, -0.1) is 0 Å². The molecule has 1 aliphatic rings. The Hall–Kier alpha value is -1.06.